The van der Waals surface area contributed by atoms with Gasteiger partial charge < -0.3 is 20.4 Å². The van der Waals surface area contributed by atoms with Crippen molar-refractivity contribution in [1.82, 2.24) is 15.6 Å². The molecule has 2 amide bonds. The lowest BCUT2D eigenvalue weighted by molar-refractivity contribution is 0.240. The van der Waals surface area contributed by atoms with Crippen molar-refractivity contribution in [2.24, 2.45) is 0 Å². The molecule has 1 fully saturated rings. The van der Waals surface area contributed by atoms with E-state index in [4.69, 9.17) is 4.74 Å². The van der Waals surface area contributed by atoms with E-state index in [-0.39, 0.29) is 6.03 Å². The van der Waals surface area contributed by atoms with E-state index in [1.165, 1.54) is 5.56 Å². The topological polar surface area (TPSA) is 66.1 Å². The van der Waals surface area contributed by atoms with E-state index in [1.54, 1.807) is 7.11 Å². The number of carbonyl (C=O) groups is 1. The number of hydrogen-bond acceptors (Lipinski definition) is 2. The first-order chi connectivity index (χ1) is 10.2. The van der Waals surface area contributed by atoms with Crippen molar-refractivity contribution in [2.45, 2.75) is 32.2 Å². The number of fused-ring (bicyclic) bond motifs is 1. The van der Waals surface area contributed by atoms with Crippen molar-refractivity contribution < 1.29 is 9.53 Å². The lowest BCUT2D eigenvalue weighted by Gasteiger charge is -2.07. The molecule has 21 heavy (non-hydrogen) atoms. The van der Waals surface area contributed by atoms with Gasteiger partial charge in [-0.25, -0.2) is 4.79 Å². The van der Waals surface area contributed by atoms with E-state index in [0.717, 1.165) is 41.6 Å². The molecule has 1 aliphatic carbocycles. The quantitative estimate of drug-likeness (QED) is 0.791. The summed E-state index contributed by atoms with van der Waals surface area (Å²) in [6.45, 7) is 2.69. The molecule has 1 heterocycles. The summed E-state index contributed by atoms with van der Waals surface area (Å²) in [5.74, 6) is 0.849. The summed E-state index contributed by atoms with van der Waals surface area (Å²) in [6, 6.07) is 6.34. The number of amides is 2. The molecule has 0 unspecified atom stereocenters. The average molecular weight is 287 g/mol. The summed E-state index contributed by atoms with van der Waals surface area (Å²) < 4.78 is 5.29. The lowest BCUT2D eigenvalue weighted by Crippen LogP contribution is -2.37. The number of urea groups is 1. The van der Waals surface area contributed by atoms with Crippen molar-refractivity contribution in [3.05, 3.63) is 29.5 Å². The largest absolute Gasteiger partial charge is 0.497 e. The molecule has 0 aliphatic heterocycles. The predicted molar refractivity (Wildman–Crippen MR) is 82.8 cm³/mol. The van der Waals surface area contributed by atoms with Crippen molar-refractivity contribution in [3.8, 4) is 5.75 Å². The number of carbonyl (C=O) groups excluding carboxylic acids is 1. The van der Waals surface area contributed by atoms with Gasteiger partial charge in [-0.1, -0.05) is 0 Å². The second-order valence-electron chi connectivity index (χ2n) is 5.56. The van der Waals surface area contributed by atoms with Crippen molar-refractivity contribution >= 4 is 16.9 Å². The molecule has 0 saturated heterocycles. The van der Waals surface area contributed by atoms with Gasteiger partial charge in [-0.2, -0.15) is 0 Å². The molecular weight excluding hydrogens is 266 g/mol. The van der Waals surface area contributed by atoms with Crippen LogP contribution >= 0.6 is 0 Å². The fourth-order valence-electron chi connectivity index (χ4n) is 2.58. The summed E-state index contributed by atoms with van der Waals surface area (Å²) in [6.07, 6.45) is 3.01. The number of ether oxygens (including phenoxy) is 1. The molecule has 0 bridgehead atoms. The molecule has 3 rings (SSSR count). The smallest absolute Gasteiger partial charge is 0.315 e. The highest BCUT2D eigenvalue weighted by Crippen LogP contribution is 2.26. The second kappa shape index (κ2) is 5.68. The summed E-state index contributed by atoms with van der Waals surface area (Å²) in [7, 11) is 1.67. The highest BCUT2D eigenvalue weighted by atomic mass is 16.5. The normalized spacial score (nSPS) is 14.2. The molecule has 0 radical (unpaired) electrons. The van der Waals surface area contributed by atoms with Gasteiger partial charge in [0.2, 0.25) is 0 Å². The average Bonchev–Trinajstić information content (AvgIpc) is 3.22. The van der Waals surface area contributed by atoms with Crippen LogP contribution in [0.25, 0.3) is 10.9 Å². The van der Waals surface area contributed by atoms with E-state index in [0.29, 0.717) is 12.6 Å². The van der Waals surface area contributed by atoms with Crippen molar-refractivity contribution in [1.29, 1.82) is 0 Å². The third-order valence-corrected chi connectivity index (χ3v) is 3.90. The zero-order valence-electron chi connectivity index (χ0n) is 12.5. The SMILES string of the molecule is COc1ccc2[nH]c(C)c(CCNC(=O)NC3CC3)c2c1. The standard InChI is InChI=1S/C16H21N3O2/c1-10-13(7-8-17-16(20)19-11-3-4-11)14-9-12(21-2)5-6-15(14)18-10/h5-6,9,11,18H,3-4,7-8H2,1-2H3,(H2,17,19,20). The molecular formula is C16H21N3O2. The molecule has 1 aliphatic rings. The number of hydrogen-bond donors (Lipinski definition) is 3. The highest BCUT2D eigenvalue weighted by Gasteiger charge is 2.22. The zero-order valence-corrected chi connectivity index (χ0v) is 12.5. The summed E-state index contributed by atoms with van der Waals surface area (Å²) in [5, 5.41) is 7.01. The fourth-order valence-corrected chi connectivity index (χ4v) is 2.58. The van der Waals surface area contributed by atoms with Crippen LogP contribution in [0.4, 0.5) is 4.79 Å². The number of aromatic nitrogens is 1. The first kappa shape index (κ1) is 13.8. The Morgan fingerprint density at radius 3 is 2.95 bits per heavy atom. The maximum Gasteiger partial charge on any atom is 0.315 e. The van der Waals surface area contributed by atoms with Crippen LogP contribution in [0.5, 0.6) is 5.75 Å². The second-order valence-corrected chi connectivity index (χ2v) is 5.56. The molecule has 1 aromatic heterocycles. The van der Waals surface area contributed by atoms with Gasteiger partial charge in [0.25, 0.3) is 0 Å². The van der Waals surface area contributed by atoms with E-state index in [9.17, 15) is 4.79 Å². The molecule has 1 aromatic carbocycles. The van der Waals surface area contributed by atoms with Crippen LogP contribution in [0.2, 0.25) is 0 Å². The van der Waals surface area contributed by atoms with Gasteiger partial charge in [0.05, 0.1) is 7.11 Å². The van der Waals surface area contributed by atoms with Crippen molar-refractivity contribution in [3.63, 3.8) is 0 Å². The minimum absolute atomic E-state index is 0.0624. The first-order valence-corrected chi connectivity index (χ1v) is 7.37. The minimum atomic E-state index is -0.0624. The van der Waals surface area contributed by atoms with Gasteiger partial charge in [0.1, 0.15) is 5.75 Å². The van der Waals surface area contributed by atoms with Gasteiger partial charge in [0, 0.05) is 29.2 Å². The maximum absolute atomic E-state index is 11.6. The third-order valence-electron chi connectivity index (χ3n) is 3.90. The van der Waals surface area contributed by atoms with Gasteiger partial charge in [-0.05, 0) is 49.9 Å². The Morgan fingerprint density at radius 1 is 1.43 bits per heavy atom. The summed E-state index contributed by atoms with van der Waals surface area (Å²) >= 11 is 0. The Morgan fingerprint density at radius 2 is 2.24 bits per heavy atom. The molecule has 0 spiro atoms. The van der Waals surface area contributed by atoms with E-state index in [2.05, 4.69) is 22.5 Å². The van der Waals surface area contributed by atoms with Crippen LogP contribution in [0.15, 0.2) is 18.2 Å². The van der Waals surface area contributed by atoms with E-state index < -0.39 is 0 Å². The molecule has 5 nitrogen and oxygen atoms in total. The number of rotatable bonds is 5. The van der Waals surface area contributed by atoms with E-state index >= 15 is 0 Å². The molecule has 1 saturated carbocycles. The highest BCUT2D eigenvalue weighted by molar-refractivity contribution is 5.86. The van der Waals surface area contributed by atoms with Gasteiger partial charge >= 0.3 is 6.03 Å². The van der Waals surface area contributed by atoms with Crippen LogP contribution in [0.1, 0.15) is 24.1 Å². The number of aryl methyl sites for hydroxylation is 1. The zero-order chi connectivity index (χ0) is 14.8. The lowest BCUT2D eigenvalue weighted by atomic mass is 10.1. The minimum Gasteiger partial charge on any atom is -0.497 e. The number of H-pyrrole nitrogens is 1. The molecule has 0 atom stereocenters. The van der Waals surface area contributed by atoms with Crippen LogP contribution in [0.3, 0.4) is 0 Å². The van der Waals surface area contributed by atoms with Crippen LogP contribution in [-0.4, -0.2) is 30.7 Å². The van der Waals surface area contributed by atoms with Gasteiger partial charge in [-0.3, -0.25) is 0 Å². The molecule has 2 aromatic rings. The Bertz CT molecular complexity index is 659. The summed E-state index contributed by atoms with van der Waals surface area (Å²) in [4.78, 5) is 15.0. The monoisotopic (exact) mass is 287 g/mol. The molecule has 112 valence electrons. The molecule has 5 heteroatoms. The van der Waals surface area contributed by atoms with Crippen LogP contribution in [0, 0.1) is 6.92 Å². The predicted octanol–water partition coefficient (Wildman–Crippen LogP) is 2.49. The summed E-state index contributed by atoms with van der Waals surface area (Å²) in [5.41, 5.74) is 3.48. The number of nitrogens with one attached hydrogen (secondary N) is 3. The maximum atomic E-state index is 11.6. The van der Waals surface area contributed by atoms with Gasteiger partial charge in [0.15, 0.2) is 0 Å². The van der Waals surface area contributed by atoms with E-state index in [1.807, 2.05) is 18.2 Å². The van der Waals surface area contributed by atoms with Gasteiger partial charge in [-0.15, -0.1) is 0 Å². The first-order valence-electron chi connectivity index (χ1n) is 7.37. The third kappa shape index (κ3) is 3.12. The van der Waals surface area contributed by atoms with Crippen molar-refractivity contribution in [2.75, 3.05) is 13.7 Å². The Hall–Kier alpha value is -2.17. The molecule has 3 N–H and O–H groups in total. The Kier molecular flexibility index (Phi) is 3.73. The van der Waals surface area contributed by atoms with Crippen LogP contribution in [-0.2, 0) is 6.42 Å². The van der Waals surface area contributed by atoms with Crippen LogP contribution < -0.4 is 15.4 Å². The number of aromatic amines is 1. The fraction of sp³-hybridized carbons (Fsp3) is 0.438. The number of methoxy groups -OCH3 is 1. The Balaban J connectivity index is 1.67. The Labute approximate surface area is 124 Å². The number of benzene rings is 1.